The van der Waals surface area contributed by atoms with Crippen LogP contribution in [0.5, 0.6) is 0 Å². The lowest BCUT2D eigenvalue weighted by molar-refractivity contribution is 0.156. The number of aliphatic hydroxyl groups is 2. The van der Waals surface area contributed by atoms with Crippen LogP contribution in [0.2, 0.25) is 0 Å². The van der Waals surface area contributed by atoms with Gasteiger partial charge in [-0.3, -0.25) is 4.90 Å². The highest BCUT2D eigenvalue weighted by atomic mass is 79.9. The van der Waals surface area contributed by atoms with Crippen LogP contribution in [0.1, 0.15) is 4.88 Å². The van der Waals surface area contributed by atoms with Crippen LogP contribution in [-0.4, -0.2) is 41.4 Å². The second-order valence-corrected chi connectivity index (χ2v) is 4.77. The first-order valence-corrected chi connectivity index (χ1v) is 6.11. The number of halogens is 1. The highest BCUT2D eigenvalue weighted by molar-refractivity contribution is 9.10. The third-order valence-corrected chi connectivity index (χ3v) is 3.80. The molecule has 1 aromatic rings. The molecule has 14 heavy (non-hydrogen) atoms. The number of thiophene rings is 1. The van der Waals surface area contributed by atoms with Gasteiger partial charge in [0.1, 0.15) is 0 Å². The topological polar surface area (TPSA) is 43.7 Å². The summed E-state index contributed by atoms with van der Waals surface area (Å²) >= 11 is 5.13. The smallest absolute Gasteiger partial charge is 0.0558 e. The Kier molecular flexibility index (Phi) is 5.66. The van der Waals surface area contributed by atoms with Crippen molar-refractivity contribution in [2.45, 2.75) is 6.54 Å². The highest BCUT2D eigenvalue weighted by Gasteiger charge is 2.08. The van der Waals surface area contributed by atoms with Crippen molar-refractivity contribution in [3.63, 3.8) is 0 Å². The van der Waals surface area contributed by atoms with Gasteiger partial charge in [-0.25, -0.2) is 0 Å². The molecule has 0 aliphatic carbocycles. The fourth-order valence-electron chi connectivity index (χ4n) is 1.19. The Hall–Kier alpha value is 0.0600. The van der Waals surface area contributed by atoms with E-state index in [4.69, 9.17) is 10.2 Å². The normalized spacial score (nSPS) is 11.1. The van der Waals surface area contributed by atoms with Crippen molar-refractivity contribution in [2.24, 2.45) is 0 Å². The predicted molar refractivity (Wildman–Crippen MR) is 61.5 cm³/mol. The zero-order valence-electron chi connectivity index (χ0n) is 7.82. The minimum atomic E-state index is 0.128. The van der Waals surface area contributed by atoms with Crippen LogP contribution in [0.3, 0.4) is 0 Å². The Morgan fingerprint density at radius 2 is 1.93 bits per heavy atom. The van der Waals surface area contributed by atoms with E-state index in [1.54, 1.807) is 11.3 Å². The first-order chi connectivity index (χ1) is 6.77. The number of hydrogen-bond acceptors (Lipinski definition) is 4. The van der Waals surface area contributed by atoms with Crippen molar-refractivity contribution in [1.29, 1.82) is 0 Å². The monoisotopic (exact) mass is 279 g/mol. The highest BCUT2D eigenvalue weighted by Crippen LogP contribution is 2.23. The fourth-order valence-corrected chi connectivity index (χ4v) is 2.71. The molecule has 0 saturated carbocycles. The quantitative estimate of drug-likeness (QED) is 0.825. The van der Waals surface area contributed by atoms with Gasteiger partial charge in [0.25, 0.3) is 0 Å². The van der Waals surface area contributed by atoms with Crippen molar-refractivity contribution in [3.8, 4) is 0 Å². The molecule has 0 unspecified atom stereocenters. The second kappa shape index (κ2) is 6.53. The maximum atomic E-state index is 8.83. The molecule has 0 aromatic carbocycles. The molecule has 3 nitrogen and oxygen atoms in total. The molecule has 1 rings (SSSR count). The fraction of sp³-hybridized carbons (Fsp3) is 0.556. The maximum Gasteiger partial charge on any atom is 0.0558 e. The Labute approximate surface area is 96.1 Å². The summed E-state index contributed by atoms with van der Waals surface area (Å²) in [5, 5.41) is 19.7. The van der Waals surface area contributed by atoms with Crippen LogP contribution in [-0.2, 0) is 6.54 Å². The van der Waals surface area contributed by atoms with E-state index in [1.165, 1.54) is 4.88 Å². The predicted octanol–water partition coefficient (Wildman–Crippen LogP) is 1.30. The lowest BCUT2D eigenvalue weighted by Crippen LogP contribution is -2.29. The van der Waals surface area contributed by atoms with Crippen LogP contribution < -0.4 is 0 Å². The van der Waals surface area contributed by atoms with Gasteiger partial charge < -0.3 is 10.2 Å². The van der Waals surface area contributed by atoms with Gasteiger partial charge in [-0.2, -0.15) is 0 Å². The van der Waals surface area contributed by atoms with Gasteiger partial charge in [-0.15, -0.1) is 11.3 Å². The van der Waals surface area contributed by atoms with E-state index < -0.39 is 0 Å². The largest absolute Gasteiger partial charge is 0.395 e. The first kappa shape index (κ1) is 12.1. The van der Waals surface area contributed by atoms with E-state index in [-0.39, 0.29) is 13.2 Å². The maximum absolute atomic E-state index is 8.83. The molecule has 0 saturated heterocycles. The summed E-state index contributed by atoms with van der Waals surface area (Å²) in [6.07, 6.45) is 0. The summed E-state index contributed by atoms with van der Waals surface area (Å²) in [4.78, 5) is 3.25. The molecule has 0 fully saturated rings. The minimum Gasteiger partial charge on any atom is -0.395 e. The van der Waals surface area contributed by atoms with E-state index in [1.807, 2.05) is 16.3 Å². The van der Waals surface area contributed by atoms with Crippen molar-refractivity contribution in [2.75, 3.05) is 26.3 Å². The molecule has 2 N–H and O–H groups in total. The van der Waals surface area contributed by atoms with Crippen LogP contribution in [0, 0.1) is 0 Å². The van der Waals surface area contributed by atoms with Gasteiger partial charge in [0.05, 0.1) is 13.2 Å². The lowest BCUT2D eigenvalue weighted by Gasteiger charge is -2.19. The molecule has 0 spiro atoms. The van der Waals surface area contributed by atoms with Crippen LogP contribution in [0.15, 0.2) is 15.9 Å². The molecule has 80 valence electrons. The molecule has 0 aliphatic rings. The zero-order valence-corrected chi connectivity index (χ0v) is 10.2. The third-order valence-electron chi connectivity index (χ3n) is 1.89. The second-order valence-electron chi connectivity index (χ2n) is 2.92. The van der Waals surface area contributed by atoms with Crippen LogP contribution in [0.25, 0.3) is 0 Å². The molecule has 0 aliphatic heterocycles. The summed E-state index contributed by atoms with van der Waals surface area (Å²) in [6, 6.07) is 2.01. The minimum absolute atomic E-state index is 0.128. The average Bonchev–Trinajstić information content (AvgIpc) is 2.53. The Bertz CT molecular complexity index is 261. The summed E-state index contributed by atoms with van der Waals surface area (Å²) in [5.74, 6) is 0. The van der Waals surface area contributed by atoms with Gasteiger partial charge >= 0.3 is 0 Å². The first-order valence-electron chi connectivity index (χ1n) is 4.44. The Morgan fingerprint density at radius 3 is 2.36 bits per heavy atom. The number of rotatable bonds is 6. The zero-order chi connectivity index (χ0) is 10.4. The number of aliphatic hydroxyl groups excluding tert-OH is 2. The van der Waals surface area contributed by atoms with E-state index >= 15 is 0 Å². The van der Waals surface area contributed by atoms with E-state index in [0.29, 0.717) is 13.1 Å². The number of nitrogens with zero attached hydrogens (tertiary/aromatic N) is 1. The van der Waals surface area contributed by atoms with Crippen molar-refractivity contribution in [3.05, 3.63) is 20.8 Å². The average molecular weight is 280 g/mol. The van der Waals surface area contributed by atoms with Gasteiger partial charge in [-0.05, 0) is 27.4 Å². The number of hydrogen-bond donors (Lipinski definition) is 2. The van der Waals surface area contributed by atoms with E-state index in [2.05, 4.69) is 15.9 Å². The Balaban J connectivity index is 2.50. The molecule has 1 aromatic heterocycles. The lowest BCUT2D eigenvalue weighted by atomic mass is 10.4. The van der Waals surface area contributed by atoms with Gasteiger partial charge in [0.15, 0.2) is 0 Å². The van der Waals surface area contributed by atoms with E-state index in [9.17, 15) is 0 Å². The van der Waals surface area contributed by atoms with Gasteiger partial charge in [-0.1, -0.05) is 0 Å². The van der Waals surface area contributed by atoms with Crippen molar-refractivity contribution >= 4 is 27.3 Å². The summed E-state index contributed by atoms with van der Waals surface area (Å²) < 4.78 is 1.10. The Morgan fingerprint density at radius 1 is 1.29 bits per heavy atom. The summed E-state index contributed by atoms with van der Waals surface area (Å²) in [6.45, 7) is 2.24. The third kappa shape index (κ3) is 3.67. The molecule has 0 bridgehead atoms. The van der Waals surface area contributed by atoms with Gasteiger partial charge in [0, 0.05) is 29.0 Å². The van der Waals surface area contributed by atoms with Crippen molar-refractivity contribution < 1.29 is 10.2 Å². The molecular formula is C9H14BrNO2S. The molecule has 1 heterocycles. The van der Waals surface area contributed by atoms with Gasteiger partial charge in [0.2, 0.25) is 0 Å². The summed E-state index contributed by atoms with van der Waals surface area (Å²) in [5.41, 5.74) is 0. The van der Waals surface area contributed by atoms with Crippen LogP contribution >= 0.6 is 27.3 Å². The van der Waals surface area contributed by atoms with E-state index in [0.717, 1.165) is 11.0 Å². The van der Waals surface area contributed by atoms with Crippen molar-refractivity contribution in [1.82, 2.24) is 4.90 Å². The molecular weight excluding hydrogens is 266 g/mol. The summed E-state index contributed by atoms with van der Waals surface area (Å²) in [7, 11) is 0. The molecule has 0 atom stereocenters. The van der Waals surface area contributed by atoms with Crippen LogP contribution in [0.4, 0.5) is 0 Å². The molecule has 5 heteroatoms. The SMILES string of the molecule is OCCN(CCO)Cc1sccc1Br. The molecule has 0 radical (unpaired) electrons. The molecule has 0 amide bonds. The standard InChI is InChI=1S/C9H14BrNO2S/c10-8-1-6-14-9(8)7-11(2-4-12)3-5-13/h1,6,12-13H,2-5,7H2.